The van der Waals surface area contributed by atoms with Crippen LogP contribution < -0.4 is 19.5 Å². The Bertz CT molecular complexity index is 620. The molecule has 1 aliphatic rings. The maximum absolute atomic E-state index is 5.37. The van der Waals surface area contributed by atoms with Crippen LogP contribution in [0.15, 0.2) is 40.9 Å². The fourth-order valence-electron chi connectivity index (χ4n) is 2.02. The van der Waals surface area contributed by atoms with Crippen LogP contribution in [0.4, 0.5) is 5.69 Å². The van der Waals surface area contributed by atoms with E-state index in [1.807, 2.05) is 36.4 Å². The van der Waals surface area contributed by atoms with E-state index >= 15 is 0 Å². The zero-order valence-electron chi connectivity index (χ0n) is 11.0. The molecule has 20 heavy (non-hydrogen) atoms. The maximum Gasteiger partial charge on any atom is 0.231 e. The highest BCUT2D eigenvalue weighted by Gasteiger charge is 2.13. The second kappa shape index (κ2) is 5.63. The molecule has 5 heteroatoms. The van der Waals surface area contributed by atoms with Crippen LogP contribution in [0.1, 0.15) is 5.56 Å². The monoisotopic (exact) mass is 335 g/mol. The van der Waals surface area contributed by atoms with Gasteiger partial charge in [0.1, 0.15) is 5.75 Å². The van der Waals surface area contributed by atoms with Crippen LogP contribution in [-0.2, 0) is 6.54 Å². The summed E-state index contributed by atoms with van der Waals surface area (Å²) in [5, 5.41) is 3.36. The Hall–Kier alpha value is -1.88. The lowest BCUT2D eigenvalue weighted by molar-refractivity contribution is 0.174. The normalized spacial score (nSPS) is 12.3. The number of rotatable bonds is 4. The molecule has 0 atom stereocenters. The van der Waals surface area contributed by atoms with Crippen molar-refractivity contribution >= 4 is 21.6 Å². The van der Waals surface area contributed by atoms with Crippen molar-refractivity contribution in [1.82, 2.24) is 0 Å². The van der Waals surface area contributed by atoms with Crippen LogP contribution in [0.2, 0.25) is 0 Å². The predicted octanol–water partition coefficient (Wildman–Crippen LogP) is 3.80. The SMILES string of the molecule is COc1cc(NCc2ccc3c(c2)OCO3)ccc1Br. The quantitative estimate of drug-likeness (QED) is 0.922. The molecular weight excluding hydrogens is 322 g/mol. The van der Waals surface area contributed by atoms with E-state index in [1.165, 1.54) is 0 Å². The first-order valence-electron chi connectivity index (χ1n) is 6.22. The van der Waals surface area contributed by atoms with Gasteiger partial charge in [-0.3, -0.25) is 0 Å². The molecule has 3 rings (SSSR count). The third-order valence-electron chi connectivity index (χ3n) is 3.08. The number of nitrogens with one attached hydrogen (secondary N) is 1. The molecule has 0 saturated carbocycles. The van der Waals surface area contributed by atoms with Gasteiger partial charge in [-0.2, -0.15) is 0 Å². The smallest absolute Gasteiger partial charge is 0.231 e. The summed E-state index contributed by atoms with van der Waals surface area (Å²) in [6.45, 7) is 1.01. The Labute approximate surface area is 125 Å². The van der Waals surface area contributed by atoms with Gasteiger partial charge in [0.2, 0.25) is 6.79 Å². The lowest BCUT2D eigenvalue weighted by Crippen LogP contribution is -1.99. The van der Waals surface area contributed by atoms with Crippen molar-refractivity contribution in [3.63, 3.8) is 0 Å². The zero-order valence-corrected chi connectivity index (χ0v) is 12.6. The number of ether oxygens (including phenoxy) is 3. The lowest BCUT2D eigenvalue weighted by atomic mass is 10.2. The van der Waals surface area contributed by atoms with E-state index in [2.05, 4.69) is 21.2 Å². The largest absolute Gasteiger partial charge is 0.495 e. The molecule has 0 saturated heterocycles. The van der Waals surface area contributed by atoms with E-state index in [0.717, 1.165) is 33.0 Å². The molecule has 2 aromatic carbocycles. The maximum atomic E-state index is 5.37. The first kappa shape index (κ1) is 13.1. The van der Waals surface area contributed by atoms with Crippen molar-refractivity contribution in [3.8, 4) is 17.2 Å². The molecule has 0 aromatic heterocycles. The van der Waals surface area contributed by atoms with Gasteiger partial charge in [-0.1, -0.05) is 6.07 Å². The summed E-state index contributed by atoms with van der Waals surface area (Å²) in [4.78, 5) is 0. The Morgan fingerprint density at radius 2 is 2.00 bits per heavy atom. The molecule has 0 unspecified atom stereocenters. The molecule has 1 aliphatic heterocycles. The molecular formula is C15H14BrNO3. The first-order valence-corrected chi connectivity index (χ1v) is 7.01. The third-order valence-corrected chi connectivity index (χ3v) is 3.74. The second-order valence-electron chi connectivity index (χ2n) is 4.39. The Balaban J connectivity index is 1.70. The van der Waals surface area contributed by atoms with Crippen LogP contribution >= 0.6 is 15.9 Å². The molecule has 0 radical (unpaired) electrons. The van der Waals surface area contributed by atoms with Crippen molar-refractivity contribution in [1.29, 1.82) is 0 Å². The van der Waals surface area contributed by atoms with Gasteiger partial charge in [-0.15, -0.1) is 0 Å². The standard InChI is InChI=1S/C15H14BrNO3/c1-18-14-7-11(3-4-12(14)16)17-8-10-2-5-13-15(6-10)20-9-19-13/h2-7,17H,8-9H2,1H3. The fraction of sp³-hybridized carbons (Fsp3) is 0.200. The number of hydrogen-bond acceptors (Lipinski definition) is 4. The molecule has 104 valence electrons. The van der Waals surface area contributed by atoms with Crippen molar-refractivity contribution < 1.29 is 14.2 Å². The van der Waals surface area contributed by atoms with E-state index in [0.29, 0.717) is 13.3 Å². The highest BCUT2D eigenvalue weighted by molar-refractivity contribution is 9.10. The van der Waals surface area contributed by atoms with Gasteiger partial charge in [0.15, 0.2) is 11.5 Å². The van der Waals surface area contributed by atoms with Crippen molar-refractivity contribution in [2.75, 3.05) is 19.2 Å². The highest BCUT2D eigenvalue weighted by atomic mass is 79.9. The number of hydrogen-bond donors (Lipinski definition) is 1. The molecule has 0 aliphatic carbocycles. The number of halogens is 1. The van der Waals surface area contributed by atoms with Crippen LogP contribution in [0.25, 0.3) is 0 Å². The van der Waals surface area contributed by atoms with Gasteiger partial charge >= 0.3 is 0 Å². The predicted molar refractivity (Wildman–Crippen MR) is 80.6 cm³/mol. The van der Waals surface area contributed by atoms with Crippen LogP contribution in [-0.4, -0.2) is 13.9 Å². The van der Waals surface area contributed by atoms with Crippen LogP contribution in [0, 0.1) is 0 Å². The third kappa shape index (κ3) is 2.67. The number of fused-ring (bicyclic) bond motifs is 1. The molecule has 0 fully saturated rings. The van der Waals surface area contributed by atoms with Crippen molar-refractivity contribution in [2.45, 2.75) is 6.54 Å². The average Bonchev–Trinajstić information content (AvgIpc) is 2.94. The minimum absolute atomic E-state index is 0.302. The van der Waals surface area contributed by atoms with Gasteiger partial charge in [-0.25, -0.2) is 0 Å². The molecule has 2 aromatic rings. The summed E-state index contributed by atoms with van der Waals surface area (Å²) in [7, 11) is 1.65. The van der Waals surface area contributed by atoms with Crippen LogP contribution in [0.3, 0.4) is 0 Å². The Morgan fingerprint density at radius 3 is 2.85 bits per heavy atom. The summed E-state index contributed by atoms with van der Waals surface area (Å²) in [5.74, 6) is 2.41. The minimum atomic E-state index is 0.302. The molecule has 0 amide bonds. The van der Waals surface area contributed by atoms with E-state index in [1.54, 1.807) is 7.11 Å². The Morgan fingerprint density at radius 1 is 1.15 bits per heavy atom. The van der Waals surface area contributed by atoms with Gasteiger partial charge in [0.05, 0.1) is 11.6 Å². The Kier molecular flexibility index (Phi) is 3.69. The summed E-state index contributed by atoms with van der Waals surface area (Å²) in [6, 6.07) is 11.9. The fourth-order valence-corrected chi connectivity index (χ4v) is 2.43. The molecule has 1 N–H and O–H groups in total. The van der Waals surface area contributed by atoms with Gasteiger partial charge in [0, 0.05) is 18.3 Å². The number of methoxy groups -OCH3 is 1. The van der Waals surface area contributed by atoms with Gasteiger partial charge < -0.3 is 19.5 Å². The topological polar surface area (TPSA) is 39.7 Å². The van der Waals surface area contributed by atoms with E-state index in [9.17, 15) is 0 Å². The second-order valence-corrected chi connectivity index (χ2v) is 5.24. The van der Waals surface area contributed by atoms with Gasteiger partial charge in [0.25, 0.3) is 0 Å². The summed E-state index contributed by atoms with van der Waals surface area (Å²) >= 11 is 3.44. The molecule has 0 bridgehead atoms. The van der Waals surface area contributed by atoms with Crippen molar-refractivity contribution in [2.24, 2.45) is 0 Å². The number of benzene rings is 2. The zero-order chi connectivity index (χ0) is 13.9. The number of anilines is 1. The van der Waals surface area contributed by atoms with Crippen molar-refractivity contribution in [3.05, 3.63) is 46.4 Å². The molecule has 0 spiro atoms. The van der Waals surface area contributed by atoms with Gasteiger partial charge in [-0.05, 0) is 45.8 Å². The van der Waals surface area contributed by atoms with Crippen LogP contribution in [0.5, 0.6) is 17.2 Å². The first-order chi connectivity index (χ1) is 9.76. The highest BCUT2D eigenvalue weighted by Crippen LogP contribution is 2.33. The summed E-state index contributed by atoms with van der Waals surface area (Å²) in [6.07, 6.45) is 0. The van der Waals surface area contributed by atoms with E-state index in [4.69, 9.17) is 14.2 Å². The minimum Gasteiger partial charge on any atom is -0.495 e. The average molecular weight is 336 g/mol. The van der Waals surface area contributed by atoms with E-state index < -0.39 is 0 Å². The summed E-state index contributed by atoms with van der Waals surface area (Å²) < 4.78 is 16.9. The van der Waals surface area contributed by atoms with E-state index in [-0.39, 0.29) is 0 Å². The molecule has 1 heterocycles. The molecule has 4 nitrogen and oxygen atoms in total. The summed E-state index contributed by atoms with van der Waals surface area (Å²) in [5.41, 5.74) is 2.14. The lowest BCUT2D eigenvalue weighted by Gasteiger charge is -2.10.